The van der Waals surface area contributed by atoms with Crippen molar-refractivity contribution in [2.45, 2.75) is 45.3 Å². The molecule has 0 spiro atoms. The van der Waals surface area contributed by atoms with Crippen molar-refractivity contribution in [3.63, 3.8) is 0 Å². The molecule has 0 aromatic carbocycles. The minimum atomic E-state index is -2.63. The molecule has 0 aliphatic carbocycles. The molecule has 0 amide bonds. The summed E-state index contributed by atoms with van der Waals surface area (Å²) in [5.41, 5.74) is -0.758. The van der Waals surface area contributed by atoms with Crippen LogP contribution < -0.4 is 5.46 Å². The van der Waals surface area contributed by atoms with Gasteiger partial charge in [-0.05, 0) is 61.2 Å². The van der Waals surface area contributed by atoms with E-state index in [0.29, 0.717) is 10.1 Å². The fourth-order valence-corrected chi connectivity index (χ4v) is 2.23. The van der Waals surface area contributed by atoms with Gasteiger partial charge in [0.15, 0.2) is 0 Å². The third kappa shape index (κ3) is 2.83. The average Bonchev–Trinajstić information content (AvgIpc) is 2.47. The number of nitrogens with zero attached hydrogens (tertiary/aromatic N) is 1. The van der Waals surface area contributed by atoms with Gasteiger partial charge in [-0.25, -0.2) is 13.8 Å². The molecule has 1 fully saturated rings. The topological polar surface area (TPSA) is 31.4 Å². The maximum absolute atomic E-state index is 12.8. The normalized spacial score (nSPS) is 21.2. The highest BCUT2D eigenvalue weighted by Crippen LogP contribution is 2.36. The molecule has 104 valence electrons. The summed E-state index contributed by atoms with van der Waals surface area (Å²) in [6, 6.07) is 2.95. The predicted octanol–water partition coefficient (Wildman–Crippen LogP) is 3.08. The third-order valence-electron chi connectivity index (χ3n) is 3.59. The fourth-order valence-electron chi connectivity index (χ4n) is 1.76. The SMILES string of the molecule is CC1(C)OB(c2cc(Br)nc(C(F)F)c2)OC1(C)C. The lowest BCUT2D eigenvalue weighted by Crippen LogP contribution is -2.41. The largest absolute Gasteiger partial charge is 0.494 e. The number of aromatic nitrogens is 1. The number of hydrogen-bond donors (Lipinski definition) is 0. The molecule has 0 saturated carbocycles. The van der Waals surface area contributed by atoms with Gasteiger partial charge in [-0.2, -0.15) is 0 Å². The fraction of sp³-hybridized carbons (Fsp3) is 0.583. The van der Waals surface area contributed by atoms with Crippen molar-refractivity contribution < 1.29 is 18.1 Å². The van der Waals surface area contributed by atoms with Gasteiger partial charge >= 0.3 is 7.12 Å². The zero-order valence-corrected chi connectivity index (χ0v) is 12.8. The standard InChI is InChI=1S/C12H15BBrF2NO2/c1-11(2)12(3,4)19-13(18-11)7-5-8(10(15)16)17-9(14)6-7/h5-6,10H,1-4H3. The van der Waals surface area contributed by atoms with E-state index < -0.39 is 24.7 Å². The third-order valence-corrected chi connectivity index (χ3v) is 3.99. The Morgan fingerprint density at radius 2 is 1.68 bits per heavy atom. The zero-order valence-electron chi connectivity index (χ0n) is 11.2. The van der Waals surface area contributed by atoms with Crippen molar-refractivity contribution in [2.75, 3.05) is 0 Å². The van der Waals surface area contributed by atoms with Gasteiger partial charge in [-0.15, -0.1) is 0 Å². The van der Waals surface area contributed by atoms with Crippen LogP contribution in [0, 0.1) is 0 Å². The van der Waals surface area contributed by atoms with Gasteiger partial charge in [0, 0.05) is 0 Å². The van der Waals surface area contributed by atoms with Crippen molar-refractivity contribution in [1.29, 1.82) is 0 Å². The van der Waals surface area contributed by atoms with Crippen LogP contribution in [0.1, 0.15) is 39.8 Å². The van der Waals surface area contributed by atoms with E-state index in [9.17, 15) is 8.78 Å². The predicted molar refractivity (Wildman–Crippen MR) is 72.6 cm³/mol. The molecule has 1 aromatic heterocycles. The summed E-state index contributed by atoms with van der Waals surface area (Å²) in [7, 11) is -0.665. The molecular formula is C12H15BBrF2NO2. The Morgan fingerprint density at radius 3 is 2.16 bits per heavy atom. The molecule has 0 bridgehead atoms. The van der Waals surface area contributed by atoms with Crippen LogP contribution in [-0.4, -0.2) is 23.3 Å². The van der Waals surface area contributed by atoms with Gasteiger partial charge in [-0.1, -0.05) is 0 Å². The first-order valence-electron chi connectivity index (χ1n) is 5.93. The molecule has 0 N–H and O–H groups in total. The lowest BCUT2D eigenvalue weighted by Gasteiger charge is -2.32. The molecule has 19 heavy (non-hydrogen) atoms. The van der Waals surface area contributed by atoms with Gasteiger partial charge in [0.2, 0.25) is 0 Å². The van der Waals surface area contributed by atoms with Crippen LogP contribution in [0.15, 0.2) is 16.7 Å². The van der Waals surface area contributed by atoms with E-state index in [1.54, 1.807) is 6.07 Å². The van der Waals surface area contributed by atoms with E-state index in [1.807, 2.05) is 27.7 Å². The molecule has 1 saturated heterocycles. The molecule has 0 radical (unpaired) electrons. The highest BCUT2D eigenvalue weighted by molar-refractivity contribution is 9.10. The van der Waals surface area contributed by atoms with Crippen molar-refractivity contribution in [2.24, 2.45) is 0 Å². The summed E-state index contributed by atoms with van der Waals surface area (Å²) in [6.07, 6.45) is -2.63. The van der Waals surface area contributed by atoms with Crippen LogP contribution in [0.5, 0.6) is 0 Å². The lowest BCUT2D eigenvalue weighted by atomic mass is 9.79. The summed E-state index contributed by atoms with van der Waals surface area (Å²) in [5.74, 6) is 0. The zero-order chi connectivity index (χ0) is 14.4. The lowest BCUT2D eigenvalue weighted by molar-refractivity contribution is 0.00578. The monoisotopic (exact) mass is 333 g/mol. The number of pyridine rings is 1. The molecule has 1 aliphatic rings. The van der Waals surface area contributed by atoms with Crippen molar-refractivity contribution >= 4 is 28.5 Å². The van der Waals surface area contributed by atoms with Crippen LogP contribution in [0.25, 0.3) is 0 Å². The smallest absolute Gasteiger partial charge is 0.399 e. The summed E-state index contributed by atoms with van der Waals surface area (Å²) in [4.78, 5) is 3.73. The maximum Gasteiger partial charge on any atom is 0.494 e. The van der Waals surface area contributed by atoms with Crippen molar-refractivity contribution in [3.8, 4) is 0 Å². The minimum Gasteiger partial charge on any atom is -0.399 e. The van der Waals surface area contributed by atoms with E-state index in [-0.39, 0.29) is 5.69 Å². The molecule has 2 heterocycles. The Balaban J connectivity index is 2.34. The first-order valence-corrected chi connectivity index (χ1v) is 6.73. The summed E-state index contributed by atoms with van der Waals surface area (Å²) in [5, 5.41) is 0. The molecule has 2 rings (SSSR count). The van der Waals surface area contributed by atoms with Gasteiger partial charge in [0.05, 0.1) is 11.2 Å². The Morgan fingerprint density at radius 1 is 1.16 bits per heavy atom. The first-order chi connectivity index (χ1) is 8.62. The summed E-state index contributed by atoms with van der Waals surface area (Å²) < 4.78 is 37.5. The Hall–Kier alpha value is -0.525. The van der Waals surface area contributed by atoms with Gasteiger partial charge in [-0.3, -0.25) is 0 Å². The second-order valence-electron chi connectivity index (χ2n) is 5.54. The first kappa shape index (κ1) is 14.9. The van der Waals surface area contributed by atoms with E-state index in [4.69, 9.17) is 9.31 Å². The number of alkyl halides is 2. The summed E-state index contributed by atoms with van der Waals surface area (Å²) in [6.45, 7) is 7.66. The number of halogens is 3. The Kier molecular flexibility index (Phi) is 3.75. The summed E-state index contributed by atoms with van der Waals surface area (Å²) >= 11 is 3.13. The highest BCUT2D eigenvalue weighted by Gasteiger charge is 2.51. The second kappa shape index (κ2) is 4.79. The van der Waals surface area contributed by atoms with E-state index in [2.05, 4.69) is 20.9 Å². The number of rotatable bonds is 2. The van der Waals surface area contributed by atoms with E-state index in [1.165, 1.54) is 6.07 Å². The average molecular weight is 334 g/mol. The minimum absolute atomic E-state index is 0.293. The molecule has 1 aromatic rings. The molecule has 7 heteroatoms. The van der Waals surface area contributed by atoms with Crippen molar-refractivity contribution in [1.82, 2.24) is 4.98 Å². The second-order valence-corrected chi connectivity index (χ2v) is 6.35. The van der Waals surface area contributed by atoms with Crippen LogP contribution in [0.2, 0.25) is 0 Å². The van der Waals surface area contributed by atoms with Gasteiger partial charge < -0.3 is 9.31 Å². The van der Waals surface area contributed by atoms with Crippen LogP contribution in [0.4, 0.5) is 8.78 Å². The van der Waals surface area contributed by atoms with Gasteiger partial charge in [0.25, 0.3) is 6.43 Å². The van der Waals surface area contributed by atoms with Crippen LogP contribution >= 0.6 is 15.9 Å². The molecule has 0 unspecified atom stereocenters. The van der Waals surface area contributed by atoms with Crippen LogP contribution in [0.3, 0.4) is 0 Å². The molecule has 0 atom stereocenters. The highest BCUT2D eigenvalue weighted by atomic mass is 79.9. The Bertz CT molecular complexity index is 481. The molecular weight excluding hydrogens is 319 g/mol. The van der Waals surface area contributed by atoms with E-state index >= 15 is 0 Å². The Labute approximate surface area is 120 Å². The number of hydrogen-bond acceptors (Lipinski definition) is 3. The molecule has 3 nitrogen and oxygen atoms in total. The van der Waals surface area contributed by atoms with Crippen LogP contribution in [-0.2, 0) is 9.31 Å². The quantitative estimate of drug-likeness (QED) is 0.615. The van der Waals surface area contributed by atoms with Crippen molar-refractivity contribution in [3.05, 3.63) is 22.4 Å². The maximum atomic E-state index is 12.8. The van der Waals surface area contributed by atoms with Gasteiger partial charge in [0.1, 0.15) is 10.3 Å². The van der Waals surface area contributed by atoms with E-state index in [0.717, 1.165) is 0 Å². The molecule has 1 aliphatic heterocycles.